The van der Waals surface area contributed by atoms with Gasteiger partial charge in [0.1, 0.15) is 4.83 Å². The van der Waals surface area contributed by atoms with Gasteiger partial charge in [-0.05, 0) is 37.0 Å². The van der Waals surface area contributed by atoms with E-state index >= 15 is 0 Å². The Morgan fingerprint density at radius 2 is 2.28 bits per heavy atom. The lowest BCUT2D eigenvalue weighted by Crippen LogP contribution is -2.33. The van der Waals surface area contributed by atoms with Crippen LogP contribution in [0.15, 0.2) is 4.79 Å². The van der Waals surface area contributed by atoms with Crippen LogP contribution in [0.2, 0.25) is 0 Å². The molecule has 94 valence electrons. The molecule has 5 nitrogen and oxygen atoms in total. The molecule has 0 saturated carbocycles. The number of aromatic amines is 1. The van der Waals surface area contributed by atoms with Crippen LogP contribution in [0.5, 0.6) is 0 Å². The van der Waals surface area contributed by atoms with Crippen LogP contribution in [0.4, 0.5) is 0 Å². The van der Waals surface area contributed by atoms with Gasteiger partial charge in [-0.2, -0.15) is 4.68 Å². The van der Waals surface area contributed by atoms with Crippen molar-refractivity contribution < 1.29 is 4.79 Å². The summed E-state index contributed by atoms with van der Waals surface area (Å²) in [6.07, 6.45) is 3.04. The van der Waals surface area contributed by atoms with E-state index in [1.54, 1.807) is 11.3 Å². The maximum Gasteiger partial charge on any atom is 0.282 e. The monoisotopic (exact) mass is 281 g/mol. The third-order valence-corrected chi connectivity index (χ3v) is 4.52. The van der Waals surface area contributed by atoms with Crippen LogP contribution in [0, 0.1) is 4.77 Å². The van der Waals surface area contributed by atoms with Gasteiger partial charge < -0.3 is 4.98 Å². The number of aryl methyl sites for hydroxylation is 2. The number of rotatable bonds is 1. The van der Waals surface area contributed by atoms with Gasteiger partial charge in [-0.1, -0.05) is 0 Å². The summed E-state index contributed by atoms with van der Waals surface area (Å²) in [5.74, 6) is -0.317. The molecule has 0 fully saturated rings. The smallest absolute Gasteiger partial charge is 0.282 e. The second-order valence-electron chi connectivity index (χ2n) is 4.30. The molecule has 2 heterocycles. The fraction of sp³-hybridized carbons (Fsp3) is 0.364. The molecule has 0 bridgehead atoms. The highest BCUT2D eigenvalue weighted by atomic mass is 32.1. The van der Waals surface area contributed by atoms with Crippen molar-refractivity contribution >= 4 is 39.7 Å². The summed E-state index contributed by atoms with van der Waals surface area (Å²) in [6.45, 7) is 1.35. The zero-order valence-corrected chi connectivity index (χ0v) is 11.3. The first-order chi connectivity index (χ1) is 8.58. The molecule has 0 unspecified atom stereocenters. The van der Waals surface area contributed by atoms with E-state index in [9.17, 15) is 9.59 Å². The largest absolute Gasteiger partial charge is 0.322 e. The molecular weight excluding hydrogens is 270 g/mol. The summed E-state index contributed by atoms with van der Waals surface area (Å²) in [6, 6.07) is 0. The van der Waals surface area contributed by atoms with Crippen LogP contribution < -0.4 is 11.0 Å². The normalized spacial score (nSPS) is 13.8. The van der Waals surface area contributed by atoms with Gasteiger partial charge in [-0.25, -0.2) is 0 Å². The molecule has 0 saturated heterocycles. The molecule has 1 amide bonds. The highest BCUT2D eigenvalue weighted by Gasteiger charge is 2.21. The van der Waals surface area contributed by atoms with Crippen molar-refractivity contribution in [3.8, 4) is 0 Å². The van der Waals surface area contributed by atoms with Crippen molar-refractivity contribution in [1.82, 2.24) is 9.66 Å². The summed E-state index contributed by atoms with van der Waals surface area (Å²) < 4.78 is 1.34. The molecule has 2 aromatic heterocycles. The number of nitrogens with one attached hydrogen (secondary N) is 2. The van der Waals surface area contributed by atoms with Crippen LogP contribution in [0.1, 0.15) is 23.8 Å². The van der Waals surface area contributed by atoms with Gasteiger partial charge in [0, 0.05) is 11.8 Å². The van der Waals surface area contributed by atoms with Crippen LogP contribution >= 0.6 is 23.6 Å². The molecule has 0 aromatic carbocycles. The van der Waals surface area contributed by atoms with E-state index < -0.39 is 0 Å². The average molecular weight is 281 g/mol. The van der Waals surface area contributed by atoms with Gasteiger partial charge >= 0.3 is 0 Å². The van der Waals surface area contributed by atoms with E-state index in [0.717, 1.165) is 34.3 Å². The number of aromatic nitrogens is 2. The van der Waals surface area contributed by atoms with Crippen LogP contribution in [-0.4, -0.2) is 15.6 Å². The third kappa shape index (κ3) is 1.62. The van der Waals surface area contributed by atoms with Crippen molar-refractivity contribution in [3.05, 3.63) is 25.6 Å². The van der Waals surface area contributed by atoms with Crippen LogP contribution in [0.25, 0.3) is 10.2 Å². The second-order valence-corrected chi connectivity index (χ2v) is 5.79. The van der Waals surface area contributed by atoms with Gasteiger partial charge in [0.2, 0.25) is 10.7 Å². The predicted octanol–water partition coefficient (Wildman–Crippen LogP) is 1.70. The molecule has 2 aromatic rings. The summed E-state index contributed by atoms with van der Waals surface area (Å²) in [5, 5.41) is 0.676. The van der Waals surface area contributed by atoms with Crippen molar-refractivity contribution in [1.29, 1.82) is 0 Å². The minimum atomic E-state index is -0.317. The maximum atomic E-state index is 12.4. The van der Waals surface area contributed by atoms with Gasteiger partial charge in [-0.3, -0.25) is 15.0 Å². The number of amides is 1. The van der Waals surface area contributed by atoms with Gasteiger partial charge in [0.05, 0.1) is 5.39 Å². The van der Waals surface area contributed by atoms with E-state index in [4.69, 9.17) is 12.2 Å². The summed E-state index contributed by atoms with van der Waals surface area (Å²) in [5.41, 5.74) is 3.33. The molecule has 0 atom stereocenters. The number of fused-ring (bicyclic) bond motifs is 3. The number of carbonyl (C=O) groups excluding carboxylic acids is 1. The highest BCUT2D eigenvalue weighted by Crippen LogP contribution is 2.34. The Morgan fingerprint density at radius 1 is 1.50 bits per heavy atom. The minimum absolute atomic E-state index is 0.225. The highest BCUT2D eigenvalue weighted by molar-refractivity contribution is 7.71. The molecule has 3 rings (SSSR count). The lowest BCUT2D eigenvalue weighted by Gasteiger charge is -2.06. The van der Waals surface area contributed by atoms with E-state index in [-0.39, 0.29) is 16.2 Å². The lowest BCUT2D eigenvalue weighted by atomic mass is 10.2. The van der Waals surface area contributed by atoms with Crippen molar-refractivity contribution in [2.24, 2.45) is 0 Å². The minimum Gasteiger partial charge on any atom is -0.322 e. The Hall–Kier alpha value is -1.47. The number of carbonyl (C=O) groups is 1. The maximum absolute atomic E-state index is 12.4. The standard InChI is InChI=1S/C11H11N3O2S2/c1-5(15)13-14-10(16)8-6-3-2-4-7(6)18-9(8)12-11(14)17/h2-4H2,1H3,(H,12,17)(H,13,15). The molecule has 18 heavy (non-hydrogen) atoms. The Morgan fingerprint density at radius 3 is 3.00 bits per heavy atom. The summed E-state index contributed by atoms with van der Waals surface area (Å²) in [4.78, 5) is 28.6. The molecular formula is C11H11N3O2S2. The Bertz CT molecular complexity index is 769. The first-order valence-corrected chi connectivity index (χ1v) is 6.87. The van der Waals surface area contributed by atoms with Crippen molar-refractivity contribution in [2.75, 3.05) is 5.43 Å². The van der Waals surface area contributed by atoms with E-state index in [2.05, 4.69) is 10.4 Å². The topological polar surface area (TPSA) is 66.9 Å². The summed E-state index contributed by atoms with van der Waals surface area (Å²) in [7, 11) is 0. The fourth-order valence-corrected chi connectivity index (χ4v) is 3.91. The van der Waals surface area contributed by atoms with Gasteiger partial charge in [-0.15, -0.1) is 11.3 Å². The number of H-pyrrole nitrogens is 1. The molecule has 1 aliphatic rings. The SMILES string of the molecule is CC(=O)Nn1c(=S)[nH]c2sc3c(c2c1=O)CCC3. The van der Waals surface area contributed by atoms with Gasteiger partial charge in [0.25, 0.3) is 5.56 Å². The average Bonchev–Trinajstić information content (AvgIpc) is 2.83. The molecule has 0 radical (unpaired) electrons. The van der Waals surface area contributed by atoms with Crippen molar-refractivity contribution in [2.45, 2.75) is 26.2 Å². The Balaban J connectivity index is 2.36. The van der Waals surface area contributed by atoms with E-state index in [0.29, 0.717) is 5.39 Å². The first-order valence-electron chi connectivity index (χ1n) is 5.65. The Kier molecular flexibility index (Phi) is 2.60. The molecule has 0 spiro atoms. The molecule has 0 aliphatic heterocycles. The third-order valence-electron chi connectivity index (χ3n) is 3.03. The van der Waals surface area contributed by atoms with Crippen LogP contribution in [0.3, 0.4) is 0 Å². The van der Waals surface area contributed by atoms with Gasteiger partial charge in [0.15, 0.2) is 0 Å². The molecule has 7 heteroatoms. The first kappa shape index (κ1) is 11.6. The van der Waals surface area contributed by atoms with E-state index in [1.165, 1.54) is 11.8 Å². The van der Waals surface area contributed by atoms with Crippen LogP contribution in [-0.2, 0) is 17.6 Å². The summed E-state index contributed by atoms with van der Waals surface area (Å²) >= 11 is 6.69. The van der Waals surface area contributed by atoms with E-state index in [1.807, 2.05) is 0 Å². The predicted molar refractivity (Wildman–Crippen MR) is 73.3 cm³/mol. The Labute approximate surface area is 111 Å². The second kappa shape index (κ2) is 4.03. The quantitative estimate of drug-likeness (QED) is 0.782. The van der Waals surface area contributed by atoms with Crippen molar-refractivity contribution in [3.63, 3.8) is 0 Å². The number of hydrogen-bond acceptors (Lipinski definition) is 4. The number of nitrogens with zero attached hydrogens (tertiary/aromatic N) is 1. The zero-order chi connectivity index (χ0) is 12.9. The molecule has 1 aliphatic carbocycles. The zero-order valence-electron chi connectivity index (χ0n) is 9.70. The number of hydrogen-bond donors (Lipinski definition) is 2. The fourth-order valence-electron chi connectivity index (χ4n) is 2.33. The molecule has 2 N–H and O–H groups in total. The number of thiophene rings is 1. The lowest BCUT2D eigenvalue weighted by molar-refractivity contribution is -0.115.